The van der Waals surface area contributed by atoms with Crippen LogP contribution < -0.4 is 0 Å². The summed E-state index contributed by atoms with van der Waals surface area (Å²) in [5.74, 6) is 3.65. The van der Waals surface area contributed by atoms with Gasteiger partial charge in [0.2, 0.25) is 0 Å². The number of hydrogen-bond donors (Lipinski definition) is 1. The maximum absolute atomic E-state index is 9.90. The standard InChI is InChI=1S/C11H12O2S2/c12-8-6-9-7(2-3-13-9)10(8)11-14-4-1-5-15-11/h2,6,11-12H,1,3-5H2. The van der Waals surface area contributed by atoms with Gasteiger partial charge in [-0.25, -0.2) is 0 Å². The van der Waals surface area contributed by atoms with Gasteiger partial charge in [-0.1, -0.05) is 0 Å². The predicted octanol–water partition coefficient (Wildman–Crippen LogP) is 2.85. The summed E-state index contributed by atoms with van der Waals surface area (Å²) >= 11 is 3.86. The molecule has 0 radical (unpaired) electrons. The number of thioether (sulfide) groups is 2. The average molecular weight is 240 g/mol. The van der Waals surface area contributed by atoms with E-state index in [-0.39, 0.29) is 0 Å². The number of rotatable bonds is 1. The Morgan fingerprint density at radius 1 is 1.33 bits per heavy atom. The van der Waals surface area contributed by atoms with E-state index in [0.717, 1.165) is 16.9 Å². The van der Waals surface area contributed by atoms with Gasteiger partial charge in [0, 0.05) is 17.2 Å². The molecule has 0 bridgehead atoms. The van der Waals surface area contributed by atoms with Crippen LogP contribution in [0.3, 0.4) is 0 Å². The first-order chi connectivity index (χ1) is 7.36. The first-order valence-corrected chi connectivity index (χ1v) is 7.18. The molecular weight excluding hydrogens is 228 g/mol. The van der Waals surface area contributed by atoms with E-state index >= 15 is 0 Å². The Hall–Kier alpha value is -0.480. The molecule has 1 fully saturated rings. The van der Waals surface area contributed by atoms with Crippen LogP contribution in [-0.4, -0.2) is 27.8 Å². The SMILES string of the molecule is OC1=C(C2SCCCS2)C2=CCOC2=C1. The maximum Gasteiger partial charge on any atom is 0.130 e. The number of aliphatic hydroxyl groups is 1. The van der Waals surface area contributed by atoms with E-state index in [1.54, 1.807) is 6.08 Å². The molecule has 2 nitrogen and oxygen atoms in total. The molecular formula is C11H12O2S2. The first-order valence-electron chi connectivity index (χ1n) is 5.08. The molecule has 0 atom stereocenters. The van der Waals surface area contributed by atoms with E-state index in [0.29, 0.717) is 16.9 Å². The molecule has 1 saturated heterocycles. The van der Waals surface area contributed by atoms with Crippen molar-refractivity contribution in [1.29, 1.82) is 0 Å². The van der Waals surface area contributed by atoms with Crippen LogP contribution in [0, 0.1) is 0 Å². The van der Waals surface area contributed by atoms with Crippen molar-refractivity contribution in [1.82, 2.24) is 0 Å². The lowest BCUT2D eigenvalue weighted by Crippen LogP contribution is -2.11. The van der Waals surface area contributed by atoms with Crippen LogP contribution in [-0.2, 0) is 4.74 Å². The largest absolute Gasteiger partial charge is 0.507 e. The molecule has 2 heterocycles. The second-order valence-electron chi connectivity index (χ2n) is 3.66. The fraction of sp³-hybridized carbons (Fsp3) is 0.455. The molecule has 0 spiro atoms. The van der Waals surface area contributed by atoms with Crippen molar-refractivity contribution in [3.05, 3.63) is 34.8 Å². The second-order valence-corrected chi connectivity index (χ2v) is 6.39. The van der Waals surface area contributed by atoms with Crippen molar-refractivity contribution in [2.75, 3.05) is 18.1 Å². The summed E-state index contributed by atoms with van der Waals surface area (Å²) in [6.07, 6.45) is 5.10. The van der Waals surface area contributed by atoms with Gasteiger partial charge in [0.05, 0.1) is 4.58 Å². The van der Waals surface area contributed by atoms with Gasteiger partial charge in [-0.05, 0) is 24.0 Å². The van der Waals surface area contributed by atoms with Crippen LogP contribution in [0.1, 0.15) is 6.42 Å². The molecule has 2 aliphatic heterocycles. The zero-order valence-corrected chi connectivity index (χ0v) is 9.87. The summed E-state index contributed by atoms with van der Waals surface area (Å²) in [7, 11) is 0. The van der Waals surface area contributed by atoms with E-state index in [1.165, 1.54) is 17.9 Å². The van der Waals surface area contributed by atoms with E-state index in [2.05, 4.69) is 6.08 Å². The third-order valence-corrected chi connectivity index (χ3v) is 5.63. The quantitative estimate of drug-likeness (QED) is 0.763. The smallest absolute Gasteiger partial charge is 0.130 e. The average Bonchev–Trinajstić information content (AvgIpc) is 2.78. The number of aliphatic hydroxyl groups excluding tert-OH is 1. The van der Waals surface area contributed by atoms with Gasteiger partial charge in [0.15, 0.2) is 0 Å². The Morgan fingerprint density at radius 3 is 2.93 bits per heavy atom. The van der Waals surface area contributed by atoms with Gasteiger partial charge >= 0.3 is 0 Å². The molecule has 0 aromatic heterocycles. The fourth-order valence-corrected chi connectivity index (χ4v) is 5.02. The van der Waals surface area contributed by atoms with Crippen molar-refractivity contribution in [3.8, 4) is 0 Å². The lowest BCUT2D eigenvalue weighted by molar-refractivity contribution is 0.276. The topological polar surface area (TPSA) is 29.5 Å². The molecule has 15 heavy (non-hydrogen) atoms. The van der Waals surface area contributed by atoms with Gasteiger partial charge in [-0.3, -0.25) is 0 Å². The summed E-state index contributed by atoms with van der Waals surface area (Å²) in [5.41, 5.74) is 2.21. The summed E-state index contributed by atoms with van der Waals surface area (Å²) in [4.78, 5) is 0. The minimum absolute atomic E-state index is 0.389. The third-order valence-electron chi connectivity index (χ3n) is 2.69. The molecule has 3 aliphatic rings. The van der Waals surface area contributed by atoms with Gasteiger partial charge in [0.25, 0.3) is 0 Å². The molecule has 0 aromatic rings. The van der Waals surface area contributed by atoms with Crippen molar-refractivity contribution in [2.24, 2.45) is 0 Å². The van der Waals surface area contributed by atoms with E-state index in [1.807, 2.05) is 23.5 Å². The molecule has 1 aliphatic carbocycles. The minimum atomic E-state index is 0.389. The van der Waals surface area contributed by atoms with Gasteiger partial charge < -0.3 is 9.84 Å². The van der Waals surface area contributed by atoms with Crippen molar-refractivity contribution in [3.63, 3.8) is 0 Å². The van der Waals surface area contributed by atoms with E-state index in [4.69, 9.17) is 4.74 Å². The zero-order chi connectivity index (χ0) is 10.3. The zero-order valence-electron chi connectivity index (χ0n) is 8.23. The summed E-state index contributed by atoms with van der Waals surface area (Å²) < 4.78 is 5.81. The Morgan fingerprint density at radius 2 is 2.13 bits per heavy atom. The van der Waals surface area contributed by atoms with Gasteiger partial charge in [-0.2, -0.15) is 0 Å². The van der Waals surface area contributed by atoms with Crippen LogP contribution in [0.5, 0.6) is 0 Å². The van der Waals surface area contributed by atoms with Crippen molar-refractivity contribution < 1.29 is 9.84 Å². The summed E-state index contributed by atoms with van der Waals surface area (Å²) in [6.45, 7) is 0.653. The molecule has 4 heteroatoms. The lowest BCUT2D eigenvalue weighted by atomic mass is 10.1. The Labute approximate surface area is 97.5 Å². The number of fused-ring (bicyclic) bond motifs is 1. The van der Waals surface area contributed by atoms with Crippen LogP contribution in [0.2, 0.25) is 0 Å². The van der Waals surface area contributed by atoms with Crippen LogP contribution in [0.25, 0.3) is 0 Å². The lowest BCUT2D eigenvalue weighted by Gasteiger charge is -2.22. The Bertz CT molecular complexity index is 376. The highest BCUT2D eigenvalue weighted by Crippen LogP contribution is 2.45. The monoisotopic (exact) mass is 240 g/mol. The highest BCUT2D eigenvalue weighted by atomic mass is 32.2. The molecule has 0 saturated carbocycles. The molecule has 0 amide bonds. The van der Waals surface area contributed by atoms with E-state index in [9.17, 15) is 5.11 Å². The normalized spacial score (nSPS) is 26.1. The van der Waals surface area contributed by atoms with Gasteiger partial charge in [0.1, 0.15) is 18.1 Å². The summed E-state index contributed by atoms with van der Waals surface area (Å²) in [6, 6.07) is 0. The minimum Gasteiger partial charge on any atom is -0.507 e. The van der Waals surface area contributed by atoms with Crippen LogP contribution >= 0.6 is 23.5 Å². The fourth-order valence-electron chi connectivity index (χ4n) is 2.00. The van der Waals surface area contributed by atoms with Crippen LogP contribution in [0.15, 0.2) is 34.8 Å². The third kappa shape index (κ3) is 1.60. The predicted molar refractivity (Wildman–Crippen MR) is 65.1 cm³/mol. The van der Waals surface area contributed by atoms with E-state index < -0.39 is 0 Å². The van der Waals surface area contributed by atoms with Crippen molar-refractivity contribution >= 4 is 23.5 Å². The number of hydrogen-bond acceptors (Lipinski definition) is 4. The second kappa shape index (κ2) is 3.83. The molecule has 80 valence electrons. The number of allylic oxidation sites excluding steroid dienone is 2. The highest BCUT2D eigenvalue weighted by molar-refractivity contribution is 8.17. The maximum atomic E-state index is 9.90. The number of ether oxygens (including phenoxy) is 1. The molecule has 0 unspecified atom stereocenters. The van der Waals surface area contributed by atoms with Crippen LogP contribution in [0.4, 0.5) is 0 Å². The van der Waals surface area contributed by atoms with Crippen molar-refractivity contribution in [2.45, 2.75) is 11.0 Å². The Kier molecular flexibility index (Phi) is 2.48. The Balaban J connectivity index is 1.89. The molecule has 1 N–H and O–H groups in total. The molecule has 0 aromatic carbocycles. The first kappa shape index (κ1) is 9.73. The molecule has 3 rings (SSSR count). The highest BCUT2D eigenvalue weighted by Gasteiger charge is 2.33. The van der Waals surface area contributed by atoms with Gasteiger partial charge in [-0.15, -0.1) is 23.5 Å². The summed E-state index contributed by atoms with van der Waals surface area (Å²) in [5, 5.41) is 9.90.